The number of halogens is 1. The van der Waals surface area contributed by atoms with Crippen LogP contribution >= 0.6 is 15.9 Å². The lowest BCUT2D eigenvalue weighted by atomic mass is 10.0. The number of benzene rings is 1. The molecule has 0 saturated heterocycles. The first-order chi connectivity index (χ1) is 7.34. The zero-order chi connectivity index (χ0) is 12.5. The van der Waals surface area contributed by atoms with E-state index >= 15 is 0 Å². The van der Waals surface area contributed by atoms with Crippen molar-refractivity contribution < 1.29 is 19.9 Å². The van der Waals surface area contributed by atoms with Crippen molar-refractivity contribution in [2.75, 3.05) is 0 Å². The molecule has 0 aromatic heterocycles. The minimum atomic E-state index is -1.89. The Balaban J connectivity index is 3.46. The highest BCUT2D eigenvalue weighted by Gasteiger charge is 2.28. The van der Waals surface area contributed by atoms with Gasteiger partial charge < -0.3 is 10.2 Å². The summed E-state index contributed by atoms with van der Waals surface area (Å²) in [5.41, 5.74) is -0.265. The van der Waals surface area contributed by atoms with E-state index < -0.39 is 22.7 Å². The van der Waals surface area contributed by atoms with Crippen LogP contribution in [0.4, 0.5) is 5.69 Å². The first-order valence-corrected chi connectivity index (χ1v) is 4.99. The largest absolute Gasteiger partial charge is 0.479 e. The summed E-state index contributed by atoms with van der Waals surface area (Å²) >= 11 is 3.07. The third-order valence-corrected chi connectivity index (χ3v) is 2.49. The van der Waals surface area contributed by atoms with E-state index in [1.807, 2.05) is 0 Å². The average molecular weight is 290 g/mol. The van der Waals surface area contributed by atoms with E-state index in [1.54, 1.807) is 0 Å². The molecule has 1 rings (SSSR count). The van der Waals surface area contributed by atoms with E-state index in [9.17, 15) is 20.0 Å². The second kappa shape index (κ2) is 4.58. The van der Waals surface area contributed by atoms with Gasteiger partial charge in [0, 0.05) is 10.5 Å². The number of carbonyl (C=O) groups is 1. The Bertz CT molecular complexity index is 459. The maximum Gasteiger partial charge on any atom is 0.337 e. The van der Waals surface area contributed by atoms with Crippen LogP contribution in [0, 0.1) is 17.0 Å². The highest BCUT2D eigenvalue weighted by Crippen LogP contribution is 2.32. The normalized spacial score (nSPS) is 12.2. The van der Waals surface area contributed by atoms with Crippen molar-refractivity contribution in [3.05, 3.63) is 37.8 Å². The molecule has 0 aliphatic rings. The summed E-state index contributed by atoms with van der Waals surface area (Å²) in [6.45, 7) is 1.50. The average Bonchev–Trinajstić information content (AvgIpc) is 2.15. The topological polar surface area (TPSA) is 101 Å². The molecule has 0 heterocycles. The molecule has 1 aromatic rings. The molecule has 0 aliphatic carbocycles. The van der Waals surface area contributed by atoms with E-state index in [1.165, 1.54) is 13.0 Å². The standard InChI is InChI=1S/C9H8BrNO5/c1-4-2-5(10)3-6(11(15)16)7(4)8(12)9(13)14/h2-3,8,12H,1H3,(H,13,14). The smallest absolute Gasteiger partial charge is 0.337 e. The molecule has 0 spiro atoms. The fourth-order valence-electron chi connectivity index (χ4n) is 1.37. The van der Waals surface area contributed by atoms with Gasteiger partial charge in [-0.15, -0.1) is 0 Å². The maximum atomic E-state index is 10.7. The molecule has 0 aliphatic heterocycles. The number of aliphatic hydroxyl groups is 1. The number of rotatable bonds is 3. The third-order valence-electron chi connectivity index (χ3n) is 2.03. The van der Waals surface area contributed by atoms with E-state index in [0.717, 1.165) is 6.07 Å². The summed E-state index contributed by atoms with van der Waals surface area (Å²) < 4.78 is 0.457. The lowest BCUT2D eigenvalue weighted by Gasteiger charge is -2.10. The van der Waals surface area contributed by atoms with Crippen molar-refractivity contribution >= 4 is 27.6 Å². The molecule has 0 amide bonds. The van der Waals surface area contributed by atoms with Gasteiger partial charge in [-0.3, -0.25) is 10.1 Å². The number of carboxylic acid groups (broad SMARTS) is 1. The van der Waals surface area contributed by atoms with Gasteiger partial charge in [-0.2, -0.15) is 0 Å². The minimum Gasteiger partial charge on any atom is -0.479 e. The van der Waals surface area contributed by atoms with Gasteiger partial charge in [0.15, 0.2) is 6.10 Å². The SMILES string of the molecule is Cc1cc(Br)cc([N+](=O)[O-])c1C(O)C(=O)O. The Hall–Kier alpha value is -1.47. The molecule has 86 valence electrons. The van der Waals surface area contributed by atoms with Crippen LogP contribution in [0.2, 0.25) is 0 Å². The first-order valence-electron chi connectivity index (χ1n) is 4.20. The number of hydrogen-bond acceptors (Lipinski definition) is 4. The molecule has 1 unspecified atom stereocenters. The fraction of sp³-hybridized carbons (Fsp3) is 0.222. The molecule has 16 heavy (non-hydrogen) atoms. The summed E-state index contributed by atoms with van der Waals surface area (Å²) in [5, 5.41) is 28.8. The lowest BCUT2D eigenvalue weighted by Crippen LogP contribution is -2.14. The lowest BCUT2D eigenvalue weighted by molar-refractivity contribution is -0.386. The van der Waals surface area contributed by atoms with Crippen LogP contribution in [0.1, 0.15) is 17.2 Å². The second-order valence-electron chi connectivity index (χ2n) is 3.15. The minimum absolute atomic E-state index is 0.194. The van der Waals surface area contributed by atoms with Crippen molar-refractivity contribution in [3.8, 4) is 0 Å². The molecule has 6 nitrogen and oxygen atoms in total. The van der Waals surface area contributed by atoms with E-state index in [2.05, 4.69) is 15.9 Å². The van der Waals surface area contributed by atoms with Gasteiger partial charge in [0.05, 0.1) is 10.5 Å². The molecule has 2 N–H and O–H groups in total. The van der Waals surface area contributed by atoms with Crippen LogP contribution in [0.25, 0.3) is 0 Å². The van der Waals surface area contributed by atoms with Crippen molar-refractivity contribution in [2.45, 2.75) is 13.0 Å². The van der Waals surface area contributed by atoms with Crippen LogP contribution < -0.4 is 0 Å². The molecular weight excluding hydrogens is 282 g/mol. The predicted molar refractivity (Wildman–Crippen MR) is 58.1 cm³/mol. The van der Waals surface area contributed by atoms with Crippen LogP contribution in [-0.2, 0) is 4.79 Å². The number of aryl methyl sites for hydroxylation is 1. The summed E-state index contributed by atoms with van der Waals surface area (Å²) in [6.07, 6.45) is -1.89. The molecular formula is C9H8BrNO5. The van der Waals surface area contributed by atoms with Crippen LogP contribution in [0.15, 0.2) is 16.6 Å². The highest BCUT2D eigenvalue weighted by molar-refractivity contribution is 9.10. The predicted octanol–water partition coefficient (Wildman–Crippen LogP) is 1.78. The monoisotopic (exact) mass is 289 g/mol. The number of aliphatic hydroxyl groups excluding tert-OH is 1. The quantitative estimate of drug-likeness (QED) is 0.652. The summed E-state index contributed by atoms with van der Waals surface area (Å²) in [5.74, 6) is -1.52. The van der Waals surface area contributed by atoms with Gasteiger partial charge in [0.2, 0.25) is 0 Å². The Morgan fingerprint density at radius 2 is 2.12 bits per heavy atom. The Morgan fingerprint density at radius 1 is 1.56 bits per heavy atom. The molecule has 7 heteroatoms. The first kappa shape index (κ1) is 12.6. The Labute approximate surface area is 98.8 Å². The highest BCUT2D eigenvalue weighted by atomic mass is 79.9. The van der Waals surface area contributed by atoms with Gasteiger partial charge in [-0.05, 0) is 18.6 Å². The summed E-state index contributed by atoms with van der Waals surface area (Å²) in [4.78, 5) is 20.6. The van der Waals surface area contributed by atoms with Crippen LogP contribution in [0.5, 0.6) is 0 Å². The Kier molecular flexibility index (Phi) is 3.61. The molecule has 0 bridgehead atoms. The van der Waals surface area contributed by atoms with Gasteiger partial charge >= 0.3 is 5.97 Å². The number of nitro benzene ring substituents is 1. The van der Waals surface area contributed by atoms with Gasteiger partial charge in [-0.25, -0.2) is 4.79 Å². The third kappa shape index (κ3) is 2.37. The van der Waals surface area contributed by atoms with Crippen molar-refractivity contribution in [2.24, 2.45) is 0 Å². The Morgan fingerprint density at radius 3 is 2.56 bits per heavy atom. The second-order valence-corrected chi connectivity index (χ2v) is 4.07. The fourth-order valence-corrected chi connectivity index (χ4v) is 1.93. The van der Waals surface area contributed by atoms with E-state index in [-0.39, 0.29) is 5.56 Å². The zero-order valence-electron chi connectivity index (χ0n) is 8.18. The summed E-state index contributed by atoms with van der Waals surface area (Å²) in [6, 6.07) is 2.67. The van der Waals surface area contributed by atoms with E-state index in [0.29, 0.717) is 10.0 Å². The van der Waals surface area contributed by atoms with Crippen molar-refractivity contribution in [1.29, 1.82) is 0 Å². The molecule has 1 aromatic carbocycles. The number of aliphatic carboxylic acids is 1. The van der Waals surface area contributed by atoms with Crippen molar-refractivity contribution in [3.63, 3.8) is 0 Å². The number of nitro groups is 1. The maximum absolute atomic E-state index is 10.7. The number of carboxylic acids is 1. The van der Waals surface area contributed by atoms with Crippen LogP contribution in [0.3, 0.4) is 0 Å². The van der Waals surface area contributed by atoms with Gasteiger partial charge in [0.1, 0.15) is 0 Å². The van der Waals surface area contributed by atoms with Crippen LogP contribution in [-0.4, -0.2) is 21.1 Å². The molecule has 0 fully saturated rings. The van der Waals surface area contributed by atoms with Gasteiger partial charge in [-0.1, -0.05) is 15.9 Å². The van der Waals surface area contributed by atoms with Crippen molar-refractivity contribution in [1.82, 2.24) is 0 Å². The zero-order valence-corrected chi connectivity index (χ0v) is 9.76. The van der Waals surface area contributed by atoms with E-state index in [4.69, 9.17) is 5.11 Å². The molecule has 1 atom stereocenters. The number of hydrogen-bond donors (Lipinski definition) is 2. The number of nitrogens with zero attached hydrogens (tertiary/aromatic N) is 1. The molecule has 0 saturated carbocycles. The summed E-state index contributed by atoms with van der Waals surface area (Å²) in [7, 11) is 0. The van der Waals surface area contributed by atoms with Gasteiger partial charge in [0.25, 0.3) is 5.69 Å². The molecule has 0 radical (unpaired) electrons.